The quantitative estimate of drug-likeness (QED) is 0.245. The minimum absolute atomic E-state index is 0. The number of aliphatic imine (C=N–C) groups is 1. The Bertz CT molecular complexity index is 776. The summed E-state index contributed by atoms with van der Waals surface area (Å²) < 4.78 is 0. The topological polar surface area (TPSA) is 89.1 Å². The molecule has 1 fully saturated rings. The Morgan fingerprint density at radius 2 is 1.75 bits per heavy atom. The van der Waals surface area contributed by atoms with Crippen LogP contribution in [0, 0.1) is 5.41 Å². The first-order valence-corrected chi connectivity index (χ1v) is 11.0. The number of benzene rings is 1. The average molecular weight is 559 g/mol. The van der Waals surface area contributed by atoms with E-state index in [1.54, 1.807) is 11.9 Å². The Labute approximate surface area is 209 Å². The Hall–Kier alpha value is -1.88. The third kappa shape index (κ3) is 8.23. The smallest absolute Gasteiger partial charge is 0.251 e. The molecule has 2 amide bonds. The molecule has 0 atom stereocenters. The fourth-order valence-corrected chi connectivity index (χ4v) is 3.97. The fraction of sp³-hybridized carbons (Fsp3) is 0.609. The normalized spacial score (nSPS) is 15.1. The summed E-state index contributed by atoms with van der Waals surface area (Å²) in [5.74, 6) is 0.760. The molecule has 0 saturated heterocycles. The molecule has 1 aromatic rings. The second-order valence-corrected chi connectivity index (χ2v) is 8.73. The molecular formula is C23H39IN6O2. The van der Waals surface area contributed by atoms with E-state index in [9.17, 15) is 9.59 Å². The molecule has 0 aliphatic heterocycles. The number of rotatable bonds is 9. The molecule has 1 aromatic carbocycles. The monoisotopic (exact) mass is 558 g/mol. The second kappa shape index (κ2) is 13.6. The van der Waals surface area contributed by atoms with Crippen molar-refractivity contribution in [2.45, 2.75) is 32.2 Å². The molecule has 0 unspecified atom stereocenters. The van der Waals surface area contributed by atoms with Crippen LogP contribution in [0.15, 0.2) is 29.3 Å². The Morgan fingerprint density at radius 1 is 1.06 bits per heavy atom. The lowest BCUT2D eigenvalue weighted by atomic mass is 9.84. The van der Waals surface area contributed by atoms with Crippen molar-refractivity contribution in [3.8, 4) is 0 Å². The highest BCUT2D eigenvalue weighted by Gasteiger charge is 2.42. The summed E-state index contributed by atoms with van der Waals surface area (Å²) in [5.41, 5.74) is 1.27. The maximum Gasteiger partial charge on any atom is 0.251 e. The molecule has 0 bridgehead atoms. The number of carbonyl (C=O) groups excluding carboxylic acids is 2. The summed E-state index contributed by atoms with van der Waals surface area (Å²) in [5, 5.41) is 9.57. The van der Waals surface area contributed by atoms with Gasteiger partial charge in [0, 0.05) is 52.9 Å². The Morgan fingerprint density at radius 3 is 2.34 bits per heavy atom. The summed E-state index contributed by atoms with van der Waals surface area (Å²) >= 11 is 0. The van der Waals surface area contributed by atoms with Crippen molar-refractivity contribution in [3.63, 3.8) is 0 Å². The predicted octanol–water partition coefficient (Wildman–Crippen LogP) is 1.91. The maximum atomic E-state index is 12.7. The predicted molar refractivity (Wildman–Crippen MR) is 141 cm³/mol. The number of likely N-dealkylation sites (N-methyl/N-ethyl adjacent to an activating group) is 1. The third-order valence-corrected chi connectivity index (χ3v) is 5.73. The molecule has 2 rings (SSSR count). The van der Waals surface area contributed by atoms with E-state index in [2.05, 4.69) is 20.9 Å². The largest absolute Gasteiger partial charge is 0.355 e. The van der Waals surface area contributed by atoms with Gasteiger partial charge in [-0.1, -0.05) is 25.0 Å². The molecule has 1 aliphatic rings. The van der Waals surface area contributed by atoms with Crippen molar-refractivity contribution in [1.29, 1.82) is 0 Å². The van der Waals surface area contributed by atoms with Crippen LogP contribution in [0.25, 0.3) is 0 Å². The molecule has 9 heteroatoms. The van der Waals surface area contributed by atoms with Crippen LogP contribution in [0.4, 0.5) is 0 Å². The zero-order valence-electron chi connectivity index (χ0n) is 20.0. The van der Waals surface area contributed by atoms with Crippen LogP contribution >= 0.6 is 24.0 Å². The first-order chi connectivity index (χ1) is 14.8. The summed E-state index contributed by atoms with van der Waals surface area (Å²) in [7, 11) is 9.31. The highest BCUT2D eigenvalue weighted by molar-refractivity contribution is 14.0. The van der Waals surface area contributed by atoms with Gasteiger partial charge in [0.05, 0.1) is 5.41 Å². The number of halogens is 1. The van der Waals surface area contributed by atoms with Crippen LogP contribution in [-0.2, 0) is 11.3 Å². The first-order valence-electron chi connectivity index (χ1n) is 11.0. The third-order valence-electron chi connectivity index (χ3n) is 5.73. The second-order valence-electron chi connectivity index (χ2n) is 8.73. The molecule has 180 valence electrons. The lowest BCUT2D eigenvalue weighted by Crippen LogP contribution is -2.49. The maximum absolute atomic E-state index is 12.7. The lowest BCUT2D eigenvalue weighted by molar-refractivity contribution is -0.138. The summed E-state index contributed by atoms with van der Waals surface area (Å²) in [6.45, 7) is 2.51. The highest BCUT2D eigenvalue weighted by atomic mass is 127. The van der Waals surface area contributed by atoms with Crippen molar-refractivity contribution in [2.75, 3.05) is 54.9 Å². The zero-order chi connectivity index (χ0) is 22.9. The van der Waals surface area contributed by atoms with E-state index in [4.69, 9.17) is 0 Å². The zero-order valence-corrected chi connectivity index (χ0v) is 22.4. The summed E-state index contributed by atoms with van der Waals surface area (Å²) in [6, 6.07) is 7.57. The van der Waals surface area contributed by atoms with Gasteiger partial charge in [-0.05, 0) is 44.6 Å². The van der Waals surface area contributed by atoms with Gasteiger partial charge in [-0.2, -0.15) is 0 Å². The van der Waals surface area contributed by atoms with E-state index in [1.165, 1.54) is 0 Å². The van der Waals surface area contributed by atoms with Crippen molar-refractivity contribution in [1.82, 2.24) is 25.8 Å². The summed E-state index contributed by atoms with van der Waals surface area (Å²) in [6.07, 6.45) is 3.96. The molecule has 0 aromatic heterocycles. The number of hydrogen-bond acceptors (Lipinski definition) is 4. The highest BCUT2D eigenvalue weighted by Crippen LogP contribution is 2.38. The van der Waals surface area contributed by atoms with E-state index in [-0.39, 0.29) is 41.2 Å². The Balaban J connectivity index is 0.00000512. The van der Waals surface area contributed by atoms with Gasteiger partial charge >= 0.3 is 0 Å². The van der Waals surface area contributed by atoms with E-state index in [0.717, 1.165) is 37.8 Å². The van der Waals surface area contributed by atoms with Gasteiger partial charge in [0.15, 0.2) is 5.96 Å². The number of hydrogen-bond donors (Lipinski definition) is 3. The summed E-state index contributed by atoms with van der Waals surface area (Å²) in [4.78, 5) is 33.1. The minimum atomic E-state index is -0.355. The minimum Gasteiger partial charge on any atom is -0.355 e. The van der Waals surface area contributed by atoms with Gasteiger partial charge < -0.3 is 25.8 Å². The van der Waals surface area contributed by atoms with E-state index in [1.807, 2.05) is 57.4 Å². The molecule has 1 saturated carbocycles. The van der Waals surface area contributed by atoms with Gasteiger partial charge in [-0.25, -0.2) is 0 Å². The number of nitrogens with zero attached hydrogens (tertiary/aromatic N) is 3. The lowest BCUT2D eigenvalue weighted by Gasteiger charge is -2.31. The van der Waals surface area contributed by atoms with Crippen molar-refractivity contribution < 1.29 is 9.59 Å². The molecule has 3 N–H and O–H groups in total. The Kier molecular flexibility index (Phi) is 12.0. The number of amides is 2. The van der Waals surface area contributed by atoms with Gasteiger partial charge in [0.25, 0.3) is 5.91 Å². The van der Waals surface area contributed by atoms with Crippen molar-refractivity contribution in [3.05, 3.63) is 35.4 Å². The molecule has 1 aliphatic carbocycles. The van der Waals surface area contributed by atoms with Gasteiger partial charge in [0.1, 0.15) is 0 Å². The van der Waals surface area contributed by atoms with Crippen LogP contribution < -0.4 is 16.0 Å². The molecule has 32 heavy (non-hydrogen) atoms. The van der Waals surface area contributed by atoms with Crippen molar-refractivity contribution >= 4 is 41.8 Å². The van der Waals surface area contributed by atoms with Crippen molar-refractivity contribution in [2.24, 2.45) is 10.4 Å². The average Bonchev–Trinajstić information content (AvgIpc) is 3.23. The molecule has 8 nitrogen and oxygen atoms in total. The molecule has 0 heterocycles. The van der Waals surface area contributed by atoms with Gasteiger partial charge in [-0.15, -0.1) is 24.0 Å². The molecule has 0 radical (unpaired) electrons. The van der Waals surface area contributed by atoms with Gasteiger partial charge in [-0.3, -0.25) is 14.6 Å². The number of nitrogens with one attached hydrogen (secondary N) is 3. The van der Waals surface area contributed by atoms with E-state index >= 15 is 0 Å². The number of guanidine groups is 1. The molecular weight excluding hydrogens is 519 g/mol. The van der Waals surface area contributed by atoms with Crippen LogP contribution in [0.5, 0.6) is 0 Å². The number of carbonyl (C=O) groups is 2. The fourth-order valence-electron chi connectivity index (χ4n) is 3.97. The first kappa shape index (κ1) is 28.2. The van der Waals surface area contributed by atoms with Crippen LogP contribution in [0.2, 0.25) is 0 Å². The SMILES string of the molecule is CN=C(NCc1cccc(C(=O)NCCN(C)C)c1)NCC1(C(=O)N(C)C)CCCC1.I. The van der Waals surface area contributed by atoms with Crippen LogP contribution in [-0.4, -0.2) is 82.4 Å². The van der Waals surface area contributed by atoms with E-state index in [0.29, 0.717) is 31.2 Å². The van der Waals surface area contributed by atoms with Crippen LogP contribution in [0.3, 0.4) is 0 Å². The van der Waals surface area contributed by atoms with E-state index < -0.39 is 0 Å². The van der Waals surface area contributed by atoms with Gasteiger partial charge in [0.2, 0.25) is 5.91 Å². The molecule has 0 spiro atoms. The van der Waals surface area contributed by atoms with Crippen LogP contribution in [0.1, 0.15) is 41.6 Å². The standard InChI is InChI=1S/C23H38N6O2.HI/c1-24-22(27-17-23(11-6-7-12-23)21(31)29(4)5)26-16-18-9-8-10-19(15-18)20(30)25-13-14-28(2)3;/h8-10,15H,6-7,11-14,16-17H2,1-5H3,(H,25,30)(H2,24,26,27);1H.